The highest BCUT2D eigenvalue weighted by atomic mass is 32.2. The molecule has 2 aromatic carbocycles. The second-order valence-electron chi connectivity index (χ2n) is 8.35. The summed E-state index contributed by atoms with van der Waals surface area (Å²) in [6, 6.07) is 18.4. The van der Waals surface area contributed by atoms with Gasteiger partial charge in [-0.2, -0.15) is 0 Å². The molecule has 0 fully saturated rings. The minimum atomic E-state index is -3.57. The normalized spacial score (nSPS) is 11.2. The molecule has 0 saturated heterocycles. The SMILES string of the molecule is C[Si](C)(C)C#CCCCCC(=C=CCOCc1ccccc1)S(=O)(=O)c1ccccc1. The lowest BCUT2D eigenvalue weighted by Crippen LogP contribution is -2.16. The van der Waals surface area contributed by atoms with E-state index in [1.807, 2.05) is 36.4 Å². The summed E-state index contributed by atoms with van der Waals surface area (Å²) in [4.78, 5) is 0.606. The summed E-state index contributed by atoms with van der Waals surface area (Å²) in [7, 11) is -4.92. The fraction of sp³-hybridized carbons (Fsp3) is 0.346. The van der Waals surface area contributed by atoms with Gasteiger partial charge in [0.1, 0.15) is 8.07 Å². The largest absolute Gasteiger partial charge is 0.372 e. The van der Waals surface area contributed by atoms with Crippen LogP contribution in [0.4, 0.5) is 0 Å². The van der Waals surface area contributed by atoms with Gasteiger partial charge in [-0.1, -0.05) is 68.2 Å². The van der Waals surface area contributed by atoms with E-state index in [4.69, 9.17) is 4.74 Å². The average Bonchev–Trinajstić information content (AvgIpc) is 2.75. The molecular formula is C26H32O3SSi. The van der Waals surface area contributed by atoms with Crippen LogP contribution < -0.4 is 0 Å². The standard InChI is InChI=1S/C26H32O3SSi/c1-31(2,3)22-13-5-4-10-17-26(30(27,28)25-18-11-7-12-19-25)20-14-21-29-23-24-15-8-6-9-16-24/h6-9,11-12,14-16,18-19H,4-5,10,17,21,23H2,1-3H3. The van der Waals surface area contributed by atoms with Gasteiger partial charge in [-0.3, -0.25) is 0 Å². The van der Waals surface area contributed by atoms with Crippen LogP contribution in [-0.2, 0) is 21.2 Å². The molecule has 0 aliphatic rings. The fourth-order valence-electron chi connectivity index (χ4n) is 2.82. The molecule has 5 heteroatoms. The van der Waals surface area contributed by atoms with Crippen LogP contribution in [0.25, 0.3) is 0 Å². The second-order valence-corrected chi connectivity index (χ2v) is 15.1. The lowest BCUT2D eigenvalue weighted by molar-refractivity contribution is 0.149. The lowest BCUT2D eigenvalue weighted by atomic mass is 10.2. The van der Waals surface area contributed by atoms with Gasteiger partial charge < -0.3 is 4.74 Å². The Morgan fingerprint density at radius 3 is 2.26 bits per heavy atom. The van der Waals surface area contributed by atoms with E-state index in [1.165, 1.54) is 0 Å². The van der Waals surface area contributed by atoms with Gasteiger partial charge in [-0.15, -0.1) is 17.2 Å². The molecular weight excluding hydrogens is 420 g/mol. The number of ether oxygens (including phenoxy) is 1. The summed E-state index contributed by atoms with van der Waals surface area (Å²) in [5.74, 6) is 3.25. The van der Waals surface area contributed by atoms with Crippen LogP contribution in [0.5, 0.6) is 0 Å². The van der Waals surface area contributed by atoms with Gasteiger partial charge in [0, 0.05) is 6.42 Å². The maximum absolute atomic E-state index is 13.1. The smallest absolute Gasteiger partial charge is 0.210 e. The fourth-order valence-corrected chi connectivity index (χ4v) is 4.92. The van der Waals surface area contributed by atoms with E-state index in [9.17, 15) is 8.42 Å². The quantitative estimate of drug-likeness (QED) is 0.188. The molecule has 0 bridgehead atoms. The van der Waals surface area contributed by atoms with Crippen LogP contribution in [0, 0.1) is 11.5 Å². The molecule has 0 atom stereocenters. The van der Waals surface area contributed by atoms with Crippen LogP contribution in [0.3, 0.4) is 0 Å². The molecule has 0 N–H and O–H groups in total. The summed E-state index contributed by atoms with van der Waals surface area (Å²) >= 11 is 0. The average molecular weight is 453 g/mol. The van der Waals surface area contributed by atoms with Gasteiger partial charge in [0.05, 0.1) is 23.0 Å². The molecule has 2 rings (SSSR count). The number of rotatable bonds is 10. The Bertz CT molecular complexity index is 1030. The summed E-state index contributed by atoms with van der Waals surface area (Å²) < 4.78 is 31.8. The van der Waals surface area contributed by atoms with Gasteiger partial charge in [-0.05, 0) is 43.0 Å². The minimum absolute atomic E-state index is 0.301. The van der Waals surface area contributed by atoms with Crippen LogP contribution in [0.15, 0.2) is 82.3 Å². The molecule has 0 spiro atoms. The zero-order valence-electron chi connectivity index (χ0n) is 18.7. The molecule has 0 aliphatic heterocycles. The number of hydrogen-bond acceptors (Lipinski definition) is 3. The highest BCUT2D eigenvalue weighted by molar-refractivity contribution is 7.95. The Kier molecular flexibility index (Phi) is 10.0. The van der Waals surface area contributed by atoms with Gasteiger partial charge in [0.25, 0.3) is 0 Å². The zero-order valence-corrected chi connectivity index (χ0v) is 20.5. The molecule has 3 nitrogen and oxygen atoms in total. The summed E-state index contributed by atoms with van der Waals surface area (Å²) in [5.41, 5.74) is 7.44. The topological polar surface area (TPSA) is 43.4 Å². The molecule has 0 amide bonds. The predicted octanol–water partition coefficient (Wildman–Crippen LogP) is 6.16. The highest BCUT2D eigenvalue weighted by Crippen LogP contribution is 2.23. The molecule has 164 valence electrons. The molecule has 31 heavy (non-hydrogen) atoms. The summed E-state index contributed by atoms with van der Waals surface area (Å²) in [6.07, 6.45) is 4.54. The van der Waals surface area contributed by atoms with Crippen LogP contribution in [0.1, 0.15) is 31.2 Å². The minimum Gasteiger partial charge on any atom is -0.372 e. The first kappa shape index (κ1) is 24.9. The summed E-state index contributed by atoms with van der Waals surface area (Å²) in [5, 5.41) is 0. The molecule has 0 saturated carbocycles. The second kappa shape index (κ2) is 12.5. The number of sulfone groups is 1. The number of benzene rings is 2. The van der Waals surface area contributed by atoms with Crippen LogP contribution >= 0.6 is 0 Å². The van der Waals surface area contributed by atoms with Crippen molar-refractivity contribution >= 4 is 17.9 Å². The first-order valence-corrected chi connectivity index (χ1v) is 15.6. The van der Waals surface area contributed by atoms with Crippen LogP contribution in [0.2, 0.25) is 19.6 Å². The van der Waals surface area contributed by atoms with Crippen molar-refractivity contribution in [3.63, 3.8) is 0 Å². The van der Waals surface area contributed by atoms with Crippen molar-refractivity contribution in [2.24, 2.45) is 0 Å². The van der Waals surface area contributed by atoms with Gasteiger partial charge >= 0.3 is 0 Å². The molecule has 0 aliphatic carbocycles. The first-order valence-electron chi connectivity index (χ1n) is 10.6. The molecule has 0 heterocycles. The highest BCUT2D eigenvalue weighted by Gasteiger charge is 2.19. The van der Waals surface area contributed by atoms with Crippen molar-refractivity contribution in [1.82, 2.24) is 0 Å². The monoisotopic (exact) mass is 452 g/mol. The Balaban J connectivity index is 2.04. The third kappa shape index (κ3) is 9.55. The maximum atomic E-state index is 13.1. The van der Waals surface area contributed by atoms with Gasteiger partial charge in [0.15, 0.2) is 0 Å². The Morgan fingerprint density at radius 2 is 1.61 bits per heavy atom. The predicted molar refractivity (Wildman–Crippen MR) is 131 cm³/mol. The first-order chi connectivity index (χ1) is 14.8. The van der Waals surface area contributed by atoms with E-state index in [-0.39, 0.29) is 0 Å². The van der Waals surface area contributed by atoms with E-state index in [2.05, 4.69) is 36.8 Å². The molecule has 0 unspecified atom stereocenters. The Hall–Kier alpha value is -2.35. The van der Waals surface area contributed by atoms with Crippen molar-refractivity contribution in [2.45, 2.75) is 56.8 Å². The summed E-state index contributed by atoms with van der Waals surface area (Å²) in [6.45, 7) is 7.45. The third-order valence-electron chi connectivity index (χ3n) is 4.37. The maximum Gasteiger partial charge on any atom is 0.210 e. The van der Waals surface area contributed by atoms with Crippen molar-refractivity contribution < 1.29 is 13.2 Å². The lowest BCUT2D eigenvalue weighted by Gasteiger charge is -2.07. The van der Waals surface area contributed by atoms with E-state index in [1.54, 1.807) is 30.3 Å². The van der Waals surface area contributed by atoms with E-state index in [0.29, 0.717) is 29.4 Å². The Morgan fingerprint density at radius 1 is 0.968 bits per heavy atom. The molecule has 0 radical (unpaired) electrons. The Labute approximate surface area is 188 Å². The van der Waals surface area contributed by atoms with E-state index < -0.39 is 17.9 Å². The van der Waals surface area contributed by atoms with Crippen molar-refractivity contribution in [1.29, 1.82) is 0 Å². The number of unbranched alkanes of at least 4 members (excludes halogenated alkanes) is 2. The number of hydrogen-bond donors (Lipinski definition) is 0. The third-order valence-corrected chi connectivity index (χ3v) is 7.16. The van der Waals surface area contributed by atoms with Crippen LogP contribution in [-0.4, -0.2) is 23.1 Å². The van der Waals surface area contributed by atoms with Gasteiger partial charge in [-0.25, -0.2) is 8.42 Å². The van der Waals surface area contributed by atoms with E-state index in [0.717, 1.165) is 24.8 Å². The van der Waals surface area contributed by atoms with Crippen molar-refractivity contribution in [2.75, 3.05) is 6.61 Å². The molecule has 2 aromatic rings. The van der Waals surface area contributed by atoms with Crippen molar-refractivity contribution in [3.05, 3.63) is 82.9 Å². The zero-order chi connectivity index (χ0) is 22.6. The van der Waals surface area contributed by atoms with Gasteiger partial charge in [0.2, 0.25) is 9.84 Å². The van der Waals surface area contributed by atoms with Crippen molar-refractivity contribution in [3.8, 4) is 11.5 Å². The van der Waals surface area contributed by atoms with E-state index >= 15 is 0 Å². The molecule has 0 aromatic heterocycles.